The molecule has 1 atom stereocenters. The van der Waals surface area contributed by atoms with E-state index in [0.717, 1.165) is 25.0 Å². The summed E-state index contributed by atoms with van der Waals surface area (Å²) in [6.45, 7) is 6.09. The molecule has 1 unspecified atom stereocenters. The van der Waals surface area contributed by atoms with Crippen LogP contribution in [0.5, 0.6) is 0 Å². The molecule has 0 saturated carbocycles. The van der Waals surface area contributed by atoms with E-state index in [4.69, 9.17) is 13.6 Å². The minimum absolute atomic E-state index is 0.0141. The number of Topliss-reactive ketones (excluding diaryl/α,β-unsaturated/α-hetero) is 1. The van der Waals surface area contributed by atoms with Crippen LogP contribution in [0.3, 0.4) is 0 Å². The number of ether oxygens (including phenoxy) is 1. The lowest BCUT2D eigenvalue weighted by Crippen LogP contribution is -2.39. The molecule has 2 aromatic heterocycles. The second kappa shape index (κ2) is 8.88. The summed E-state index contributed by atoms with van der Waals surface area (Å²) in [4.78, 5) is 30.3. The van der Waals surface area contributed by atoms with Crippen molar-refractivity contribution in [2.45, 2.75) is 19.4 Å². The number of morpholine rings is 1. The van der Waals surface area contributed by atoms with Gasteiger partial charge >= 0.3 is 0 Å². The van der Waals surface area contributed by atoms with E-state index in [1.807, 2.05) is 18.2 Å². The second-order valence-corrected chi connectivity index (χ2v) is 8.40. The fourth-order valence-corrected chi connectivity index (χ4v) is 4.53. The molecule has 0 spiro atoms. The van der Waals surface area contributed by atoms with Gasteiger partial charge in [0.15, 0.2) is 11.5 Å². The summed E-state index contributed by atoms with van der Waals surface area (Å²) in [7, 11) is 0. The number of carbonyl (C=O) groups excluding carboxylic acids is 2. The summed E-state index contributed by atoms with van der Waals surface area (Å²) in [5.41, 5.74) is 0.554. The van der Waals surface area contributed by atoms with E-state index in [0.29, 0.717) is 43.3 Å². The summed E-state index contributed by atoms with van der Waals surface area (Å²) >= 11 is 0. The molecule has 33 heavy (non-hydrogen) atoms. The van der Waals surface area contributed by atoms with Gasteiger partial charge in [0, 0.05) is 31.6 Å². The second-order valence-electron chi connectivity index (χ2n) is 8.40. The summed E-state index contributed by atoms with van der Waals surface area (Å²) in [6.07, 6.45) is 0.696. The number of rotatable bonds is 7. The highest BCUT2D eigenvalue weighted by Crippen LogP contribution is 2.40. The fourth-order valence-electron chi connectivity index (χ4n) is 4.53. The number of benzene rings is 1. The number of aryl methyl sites for hydroxylation is 1. The first-order chi connectivity index (χ1) is 16.0. The molecule has 8 nitrogen and oxygen atoms in total. The monoisotopic (exact) mass is 450 g/mol. The van der Waals surface area contributed by atoms with Crippen LogP contribution in [-0.4, -0.2) is 66.0 Å². The average Bonchev–Trinajstić information content (AvgIpc) is 3.51. The van der Waals surface area contributed by atoms with Crippen LogP contribution in [0.15, 0.2) is 62.6 Å². The SMILES string of the molecule is Cc1ccc(C2C(C(=O)c3cc4ccccc4o3)=C(O)C(=O)N2CCCN2CCOCC2)o1. The molecule has 0 bridgehead atoms. The number of aliphatic hydroxyl groups excluding tert-OH is 1. The van der Waals surface area contributed by atoms with E-state index in [1.54, 1.807) is 31.2 Å². The van der Waals surface area contributed by atoms with Crippen molar-refractivity contribution in [3.05, 3.63) is 71.1 Å². The maximum Gasteiger partial charge on any atom is 0.290 e. The Labute approximate surface area is 191 Å². The topological polar surface area (TPSA) is 96.4 Å². The van der Waals surface area contributed by atoms with Crippen molar-refractivity contribution in [2.24, 2.45) is 0 Å². The Hall–Kier alpha value is -3.36. The third-order valence-corrected chi connectivity index (χ3v) is 6.21. The predicted molar refractivity (Wildman–Crippen MR) is 120 cm³/mol. The average molecular weight is 450 g/mol. The zero-order chi connectivity index (χ0) is 22.9. The Bertz CT molecular complexity index is 1180. The molecule has 4 heterocycles. The molecule has 0 aliphatic carbocycles. The molecule has 5 rings (SSSR count). The predicted octanol–water partition coefficient (Wildman–Crippen LogP) is 3.63. The van der Waals surface area contributed by atoms with Crippen molar-refractivity contribution in [3.63, 3.8) is 0 Å². The van der Waals surface area contributed by atoms with E-state index in [1.165, 1.54) is 4.90 Å². The number of hydrogen-bond donors (Lipinski definition) is 1. The molecule has 8 heteroatoms. The Morgan fingerprint density at radius 1 is 1.09 bits per heavy atom. The maximum atomic E-state index is 13.5. The van der Waals surface area contributed by atoms with Crippen LogP contribution in [0, 0.1) is 6.92 Å². The van der Waals surface area contributed by atoms with Crippen molar-refractivity contribution in [1.29, 1.82) is 0 Å². The first-order valence-electron chi connectivity index (χ1n) is 11.2. The van der Waals surface area contributed by atoms with Crippen LogP contribution in [0.25, 0.3) is 11.0 Å². The van der Waals surface area contributed by atoms with Gasteiger partial charge in [-0.1, -0.05) is 18.2 Å². The van der Waals surface area contributed by atoms with Crippen LogP contribution in [0.1, 0.15) is 34.5 Å². The molecule has 0 radical (unpaired) electrons. The van der Waals surface area contributed by atoms with Gasteiger partial charge in [-0.05, 0) is 37.6 Å². The minimum atomic E-state index is -0.809. The highest BCUT2D eigenvalue weighted by Gasteiger charge is 2.45. The standard InChI is InChI=1S/C25H26N2O6/c1-16-7-8-19(32-16)22-21(23(28)20-15-17-5-2-3-6-18(17)33-20)24(29)25(30)27(22)10-4-9-26-11-13-31-14-12-26/h2-3,5-8,15,22,29H,4,9-14H2,1H3. The number of ketones is 1. The van der Waals surface area contributed by atoms with Crippen LogP contribution < -0.4 is 0 Å². The Balaban J connectivity index is 1.43. The van der Waals surface area contributed by atoms with Crippen LogP contribution in [0.2, 0.25) is 0 Å². The summed E-state index contributed by atoms with van der Waals surface area (Å²) < 4.78 is 16.9. The van der Waals surface area contributed by atoms with E-state index in [9.17, 15) is 14.7 Å². The highest BCUT2D eigenvalue weighted by molar-refractivity contribution is 6.15. The minimum Gasteiger partial charge on any atom is -0.503 e. The molecule has 1 aromatic carbocycles. The number of fused-ring (bicyclic) bond motifs is 1. The smallest absolute Gasteiger partial charge is 0.290 e. The molecule has 1 saturated heterocycles. The maximum absolute atomic E-state index is 13.5. The van der Waals surface area contributed by atoms with E-state index in [-0.39, 0.29) is 11.3 Å². The van der Waals surface area contributed by atoms with Crippen molar-refractivity contribution in [2.75, 3.05) is 39.4 Å². The molecule has 172 valence electrons. The Morgan fingerprint density at radius 2 is 1.88 bits per heavy atom. The van der Waals surface area contributed by atoms with Gasteiger partial charge in [0.2, 0.25) is 5.78 Å². The normalized spacial score (nSPS) is 19.7. The number of aliphatic hydroxyl groups is 1. The van der Waals surface area contributed by atoms with Crippen molar-refractivity contribution < 1.29 is 28.3 Å². The van der Waals surface area contributed by atoms with Crippen LogP contribution >= 0.6 is 0 Å². The number of amides is 1. The lowest BCUT2D eigenvalue weighted by Gasteiger charge is -2.29. The largest absolute Gasteiger partial charge is 0.503 e. The first kappa shape index (κ1) is 21.5. The molecule has 3 aromatic rings. The number of nitrogens with zero attached hydrogens (tertiary/aromatic N) is 2. The van der Waals surface area contributed by atoms with E-state index < -0.39 is 23.5 Å². The van der Waals surface area contributed by atoms with Gasteiger partial charge < -0.3 is 23.6 Å². The molecule has 1 N–H and O–H groups in total. The first-order valence-corrected chi connectivity index (χ1v) is 11.2. The number of hydrogen-bond acceptors (Lipinski definition) is 7. The molecular weight excluding hydrogens is 424 g/mol. The van der Waals surface area contributed by atoms with Gasteiger partial charge in [-0.2, -0.15) is 0 Å². The van der Waals surface area contributed by atoms with Gasteiger partial charge in [-0.3, -0.25) is 14.5 Å². The Morgan fingerprint density at radius 3 is 2.61 bits per heavy atom. The van der Waals surface area contributed by atoms with Gasteiger partial charge in [-0.25, -0.2) is 0 Å². The quantitative estimate of drug-likeness (QED) is 0.549. The number of furan rings is 2. The van der Waals surface area contributed by atoms with E-state index in [2.05, 4.69) is 4.90 Å². The molecule has 2 aliphatic heterocycles. The molecular formula is C25H26N2O6. The van der Waals surface area contributed by atoms with E-state index >= 15 is 0 Å². The zero-order valence-electron chi connectivity index (χ0n) is 18.5. The third kappa shape index (κ3) is 4.07. The molecule has 1 fully saturated rings. The lowest BCUT2D eigenvalue weighted by molar-refractivity contribution is -0.129. The third-order valence-electron chi connectivity index (χ3n) is 6.21. The van der Waals surface area contributed by atoms with Crippen molar-refractivity contribution in [3.8, 4) is 0 Å². The zero-order valence-corrected chi connectivity index (χ0v) is 18.5. The van der Waals surface area contributed by atoms with Gasteiger partial charge in [-0.15, -0.1) is 0 Å². The molecule has 2 aliphatic rings. The number of para-hydroxylation sites is 1. The highest BCUT2D eigenvalue weighted by atomic mass is 16.5. The van der Waals surface area contributed by atoms with Gasteiger partial charge in [0.25, 0.3) is 5.91 Å². The van der Waals surface area contributed by atoms with Crippen LogP contribution in [0.4, 0.5) is 0 Å². The fraction of sp³-hybridized carbons (Fsp3) is 0.360. The summed E-state index contributed by atoms with van der Waals surface area (Å²) in [5, 5.41) is 11.6. The Kier molecular flexibility index (Phi) is 5.78. The summed E-state index contributed by atoms with van der Waals surface area (Å²) in [6, 6.07) is 11.6. The summed E-state index contributed by atoms with van der Waals surface area (Å²) in [5.74, 6) is -0.467. The van der Waals surface area contributed by atoms with Gasteiger partial charge in [0.05, 0.1) is 18.8 Å². The van der Waals surface area contributed by atoms with Crippen molar-refractivity contribution >= 4 is 22.7 Å². The number of carbonyl (C=O) groups is 2. The van der Waals surface area contributed by atoms with Crippen molar-refractivity contribution in [1.82, 2.24) is 9.80 Å². The van der Waals surface area contributed by atoms with Crippen LogP contribution in [-0.2, 0) is 9.53 Å². The lowest BCUT2D eigenvalue weighted by atomic mass is 9.99. The molecule has 1 amide bonds. The van der Waals surface area contributed by atoms with Gasteiger partial charge in [0.1, 0.15) is 23.1 Å².